The molecule has 1 saturated carbocycles. The van der Waals surface area contributed by atoms with Gasteiger partial charge in [-0.05, 0) is 48.2 Å². The van der Waals surface area contributed by atoms with Crippen molar-refractivity contribution in [3.63, 3.8) is 0 Å². The highest BCUT2D eigenvalue weighted by atomic mass is 19.1. The molecule has 138 valence electrons. The topological polar surface area (TPSA) is 47.6 Å². The van der Waals surface area contributed by atoms with Crippen LogP contribution in [0.2, 0.25) is 0 Å². The molecule has 0 radical (unpaired) electrons. The van der Waals surface area contributed by atoms with Crippen LogP contribution in [-0.2, 0) is 16.8 Å². The molecule has 0 saturated heterocycles. The first-order valence-corrected chi connectivity index (χ1v) is 8.84. The number of benzene rings is 2. The van der Waals surface area contributed by atoms with E-state index in [1.165, 1.54) is 12.1 Å². The molecule has 0 spiro atoms. The van der Waals surface area contributed by atoms with Crippen LogP contribution in [0.3, 0.4) is 0 Å². The summed E-state index contributed by atoms with van der Waals surface area (Å²) in [6.45, 7) is 0.405. The lowest BCUT2D eigenvalue weighted by atomic mass is 9.78. The summed E-state index contributed by atoms with van der Waals surface area (Å²) in [5.41, 5.74) is 1.26. The van der Waals surface area contributed by atoms with Crippen LogP contribution >= 0.6 is 0 Å². The van der Waals surface area contributed by atoms with Crippen molar-refractivity contribution in [1.82, 2.24) is 5.32 Å². The second-order valence-corrected chi connectivity index (χ2v) is 6.67. The van der Waals surface area contributed by atoms with Crippen molar-refractivity contribution in [2.24, 2.45) is 0 Å². The molecule has 26 heavy (non-hydrogen) atoms. The van der Waals surface area contributed by atoms with Crippen LogP contribution in [0.5, 0.6) is 11.5 Å². The maximum Gasteiger partial charge on any atom is 0.230 e. The van der Waals surface area contributed by atoms with E-state index < -0.39 is 5.41 Å². The number of ether oxygens (including phenoxy) is 2. The standard InChI is InChI=1S/C21H24FNO3/c1-25-18-10-5-15(13-19(18)26-2)14-23-20(24)21(11-3-4-12-21)16-6-8-17(22)9-7-16/h5-10,13H,3-4,11-12,14H2,1-2H3,(H,23,24). The summed E-state index contributed by atoms with van der Waals surface area (Å²) in [7, 11) is 3.17. The van der Waals surface area contributed by atoms with Crippen LogP contribution in [0.1, 0.15) is 36.8 Å². The Kier molecular flexibility index (Phi) is 5.45. The number of methoxy groups -OCH3 is 2. The minimum absolute atomic E-state index is 0.00334. The van der Waals surface area contributed by atoms with Crippen molar-refractivity contribution < 1.29 is 18.7 Å². The van der Waals surface area contributed by atoms with E-state index in [0.29, 0.717) is 18.0 Å². The maximum atomic E-state index is 13.3. The fraction of sp³-hybridized carbons (Fsp3) is 0.381. The lowest BCUT2D eigenvalue weighted by molar-refractivity contribution is -0.126. The van der Waals surface area contributed by atoms with Gasteiger partial charge in [-0.2, -0.15) is 0 Å². The van der Waals surface area contributed by atoms with E-state index >= 15 is 0 Å². The van der Waals surface area contributed by atoms with Crippen LogP contribution < -0.4 is 14.8 Å². The zero-order valence-corrected chi connectivity index (χ0v) is 15.2. The quantitative estimate of drug-likeness (QED) is 0.851. The molecule has 5 heteroatoms. The van der Waals surface area contributed by atoms with Crippen molar-refractivity contribution in [3.05, 3.63) is 59.4 Å². The summed E-state index contributed by atoms with van der Waals surface area (Å²) in [6.07, 6.45) is 3.58. The van der Waals surface area contributed by atoms with E-state index in [1.807, 2.05) is 18.2 Å². The largest absolute Gasteiger partial charge is 0.493 e. The van der Waals surface area contributed by atoms with E-state index in [1.54, 1.807) is 26.4 Å². The molecule has 4 nitrogen and oxygen atoms in total. The highest BCUT2D eigenvalue weighted by molar-refractivity contribution is 5.88. The molecule has 0 heterocycles. The summed E-state index contributed by atoms with van der Waals surface area (Å²) in [6, 6.07) is 11.9. The SMILES string of the molecule is COc1ccc(CNC(=O)C2(c3ccc(F)cc3)CCCC2)cc1OC. The highest BCUT2D eigenvalue weighted by Crippen LogP contribution is 2.41. The smallest absolute Gasteiger partial charge is 0.230 e. The van der Waals surface area contributed by atoms with Gasteiger partial charge in [0.15, 0.2) is 11.5 Å². The Morgan fingerprint density at radius 1 is 1.04 bits per heavy atom. The maximum absolute atomic E-state index is 13.3. The molecule has 1 aliphatic carbocycles. The number of hydrogen-bond donors (Lipinski definition) is 1. The molecular formula is C21H24FNO3. The Balaban J connectivity index is 1.76. The molecule has 0 unspecified atom stereocenters. The van der Waals surface area contributed by atoms with Gasteiger partial charge in [-0.15, -0.1) is 0 Å². The third-order valence-corrected chi connectivity index (χ3v) is 5.19. The van der Waals surface area contributed by atoms with Crippen molar-refractivity contribution in [3.8, 4) is 11.5 Å². The number of hydrogen-bond acceptors (Lipinski definition) is 3. The van der Waals surface area contributed by atoms with E-state index in [-0.39, 0.29) is 11.7 Å². The first kappa shape index (κ1) is 18.2. The summed E-state index contributed by atoms with van der Waals surface area (Å²) in [5.74, 6) is 0.999. The molecule has 1 amide bonds. The molecule has 1 fully saturated rings. The summed E-state index contributed by atoms with van der Waals surface area (Å²) in [4.78, 5) is 13.0. The number of rotatable bonds is 6. The average Bonchev–Trinajstić information content (AvgIpc) is 3.17. The lowest BCUT2D eigenvalue weighted by Gasteiger charge is -2.28. The van der Waals surface area contributed by atoms with E-state index in [2.05, 4.69) is 5.32 Å². The van der Waals surface area contributed by atoms with Crippen molar-refractivity contribution in [1.29, 1.82) is 0 Å². The van der Waals surface area contributed by atoms with Gasteiger partial charge in [0.05, 0.1) is 19.6 Å². The van der Waals surface area contributed by atoms with Crippen LogP contribution in [0, 0.1) is 5.82 Å². The second-order valence-electron chi connectivity index (χ2n) is 6.67. The normalized spacial score (nSPS) is 15.5. The molecule has 0 aliphatic heterocycles. The highest BCUT2D eigenvalue weighted by Gasteiger charge is 2.42. The van der Waals surface area contributed by atoms with Crippen molar-refractivity contribution in [2.45, 2.75) is 37.6 Å². The Labute approximate surface area is 153 Å². The van der Waals surface area contributed by atoms with Gasteiger partial charge in [-0.1, -0.05) is 31.0 Å². The first-order valence-electron chi connectivity index (χ1n) is 8.84. The number of nitrogens with one attached hydrogen (secondary N) is 1. The Morgan fingerprint density at radius 3 is 2.31 bits per heavy atom. The van der Waals surface area contributed by atoms with Crippen LogP contribution in [0.4, 0.5) is 4.39 Å². The molecule has 1 N–H and O–H groups in total. The van der Waals surface area contributed by atoms with Gasteiger partial charge in [0.25, 0.3) is 0 Å². The Bertz CT molecular complexity index is 767. The zero-order valence-electron chi connectivity index (χ0n) is 15.2. The molecule has 0 atom stereocenters. The molecule has 2 aromatic carbocycles. The molecular weight excluding hydrogens is 333 g/mol. The van der Waals surface area contributed by atoms with Gasteiger partial charge in [0.1, 0.15) is 5.82 Å². The third-order valence-electron chi connectivity index (χ3n) is 5.19. The predicted octanol–water partition coefficient (Wildman–Crippen LogP) is 3.97. The van der Waals surface area contributed by atoms with Crippen molar-refractivity contribution >= 4 is 5.91 Å². The second kappa shape index (κ2) is 7.77. The van der Waals surface area contributed by atoms with Gasteiger partial charge >= 0.3 is 0 Å². The van der Waals surface area contributed by atoms with Gasteiger partial charge in [-0.3, -0.25) is 4.79 Å². The Morgan fingerprint density at radius 2 is 1.69 bits per heavy atom. The van der Waals surface area contributed by atoms with Gasteiger partial charge in [0.2, 0.25) is 5.91 Å². The lowest BCUT2D eigenvalue weighted by Crippen LogP contribution is -2.42. The summed E-state index contributed by atoms with van der Waals surface area (Å²) < 4.78 is 23.8. The van der Waals surface area contributed by atoms with Crippen LogP contribution in [-0.4, -0.2) is 20.1 Å². The number of halogens is 1. The fourth-order valence-corrected chi connectivity index (χ4v) is 3.74. The summed E-state index contributed by atoms with van der Waals surface area (Å²) >= 11 is 0. The van der Waals surface area contributed by atoms with E-state index in [9.17, 15) is 9.18 Å². The van der Waals surface area contributed by atoms with Gasteiger partial charge in [0, 0.05) is 6.54 Å². The monoisotopic (exact) mass is 357 g/mol. The number of carbonyl (C=O) groups excluding carboxylic acids is 1. The van der Waals surface area contributed by atoms with E-state index in [4.69, 9.17) is 9.47 Å². The molecule has 3 rings (SSSR count). The van der Waals surface area contributed by atoms with Crippen LogP contribution in [0.25, 0.3) is 0 Å². The molecule has 2 aromatic rings. The van der Waals surface area contributed by atoms with Crippen LogP contribution in [0.15, 0.2) is 42.5 Å². The minimum atomic E-state index is -0.565. The zero-order chi connectivity index (χ0) is 18.6. The molecule has 0 aromatic heterocycles. The molecule has 0 bridgehead atoms. The average molecular weight is 357 g/mol. The fourth-order valence-electron chi connectivity index (χ4n) is 3.74. The minimum Gasteiger partial charge on any atom is -0.493 e. The number of amides is 1. The van der Waals surface area contributed by atoms with Crippen molar-refractivity contribution in [2.75, 3.05) is 14.2 Å². The number of carbonyl (C=O) groups is 1. The van der Waals surface area contributed by atoms with Gasteiger partial charge < -0.3 is 14.8 Å². The third kappa shape index (κ3) is 3.52. The van der Waals surface area contributed by atoms with Gasteiger partial charge in [-0.25, -0.2) is 4.39 Å². The summed E-state index contributed by atoms with van der Waals surface area (Å²) in [5, 5.41) is 3.05. The molecule has 1 aliphatic rings. The predicted molar refractivity (Wildman–Crippen MR) is 97.9 cm³/mol. The first-order chi connectivity index (χ1) is 12.6. The Hall–Kier alpha value is -2.56. The van der Waals surface area contributed by atoms with E-state index in [0.717, 1.165) is 36.8 Å².